The van der Waals surface area contributed by atoms with Gasteiger partial charge in [-0.3, -0.25) is 0 Å². The zero-order valence-electron chi connectivity index (χ0n) is 10.3. The number of thiazole rings is 1. The van der Waals surface area contributed by atoms with E-state index in [4.69, 9.17) is 23.2 Å². The summed E-state index contributed by atoms with van der Waals surface area (Å²) in [5, 5.41) is 1.40. The van der Waals surface area contributed by atoms with E-state index < -0.39 is 0 Å². The maximum atomic E-state index is 6.05. The van der Waals surface area contributed by atoms with Crippen LogP contribution in [0.4, 0.5) is 10.8 Å². The van der Waals surface area contributed by atoms with Crippen LogP contribution < -0.4 is 4.90 Å². The van der Waals surface area contributed by atoms with Crippen LogP contribution in [0.3, 0.4) is 0 Å². The number of rotatable bonds is 4. The van der Waals surface area contributed by atoms with Crippen molar-refractivity contribution >= 4 is 45.4 Å². The Morgan fingerprint density at radius 3 is 2.72 bits per heavy atom. The number of nitrogens with zero attached hydrogens (tertiary/aromatic N) is 2. The zero-order valence-corrected chi connectivity index (χ0v) is 12.6. The largest absolute Gasteiger partial charge is 0.318 e. The molecule has 0 saturated carbocycles. The maximum Gasteiger partial charge on any atom is 0.191 e. The summed E-state index contributed by atoms with van der Waals surface area (Å²) in [4.78, 5) is 7.44. The lowest BCUT2D eigenvalue weighted by molar-refractivity contribution is 1.01. The van der Waals surface area contributed by atoms with Crippen LogP contribution in [0.1, 0.15) is 17.4 Å². The average molecular weight is 301 g/mol. The van der Waals surface area contributed by atoms with Gasteiger partial charge in [0.25, 0.3) is 0 Å². The lowest BCUT2D eigenvalue weighted by Crippen LogP contribution is -2.15. The number of alkyl halides is 1. The molecule has 96 valence electrons. The Morgan fingerprint density at radius 1 is 1.39 bits per heavy atom. The van der Waals surface area contributed by atoms with E-state index in [1.807, 2.05) is 6.07 Å². The van der Waals surface area contributed by atoms with E-state index in [9.17, 15) is 0 Å². The third kappa shape index (κ3) is 2.79. The highest BCUT2D eigenvalue weighted by molar-refractivity contribution is 7.16. The Balaban J connectivity index is 2.38. The Hall–Kier alpha value is -0.770. The molecule has 0 spiro atoms. The van der Waals surface area contributed by atoms with Gasteiger partial charge in [-0.25, -0.2) is 4.98 Å². The van der Waals surface area contributed by atoms with E-state index in [0.29, 0.717) is 11.0 Å². The molecule has 2 rings (SSSR count). The van der Waals surface area contributed by atoms with Crippen molar-refractivity contribution in [2.24, 2.45) is 0 Å². The van der Waals surface area contributed by atoms with Crippen LogP contribution in [-0.2, 0) is 5.88 Å². The van der Waals surface area contributed by atoms with Gasteiger partial charge in [0.1, 0.15) is 5.15 Å². The second kappa shape index (κ2) is 5.91. The minimum absolute atomic E-state index is 0.405. The molecule has 0 N–H and O–H groups in total. The predicted octanol–water partition coefficient (Wildman–Crippen LogP) is 5.00. The summed E-state index contributed by atoms with van der Waals surface area (Å²) in [5.74, 6) is 0.405. The van der Waals surface area contributed by atoms with Crippen LogP contribution in [0, 0.1) is 6.92 Å². The topological polar surface area (TPSA) is 16.1 Å². The van der Waals surface area contributed by atoms with Gasteiger partial charge in [0.05, 0.1) is 10.8 Å². The smallest absolute Gasteiger partial charge is 0.191 e. The third-order valence-electron chi connectivity index (χ3n) is 2.62. The van der Waals surface area contributed by atoms with E-state index in [1.165, 1.54) is 5.56 Å². The molecule has 0 aliphatic carbocycles. The van der Waals surface area contributed by atoms with E-state index >= 15 is 0 Å². The Bertz CT molecular complexity index is 540. The molecule has 0 aliphatic heterocycles. The normalized spacial score (nSPS) is 10.7. The average Bonchev–Trinajstić information content (AvgIpc) is 2.71. The molecule has 1 aromatic carbocycles. The van der Waals surface area contributed by atoms with Crippen LogP contribution in [0.15, 0.2) is 24.3 Å². The van der Waals surface area contributed by atoms with Crippen LogP contribution in [0.25, 0.3) is 0 Å². The summed E-state index contributed by atoms with van der Waals surface area (Å²) in [5.41, 5.74) is 2.36. The monoisotopic (exact) mass is 300 g/mol. The summed E-state index contributed by atoms with van der Waals surface area (Å²) in [6, 6.07) is 8.34. The summed E-state index contributed by atoms with van der Waals surface area (Å²) in [6.45, 7) is 5.02. The number of halogens is 2. The molecule has 18 heavy (non-hydrogen) atoms. The van der Waals surface area contributed by atoms with Gasteiger partial charge < -0.3 is 4.90 Å². The van der Waals surface area contributed by atoms with Crippen LogP contribution in [0.5, 0.6) is 0 Å². The molecule has 2 aromatic rings. The molecule has 2 nitrogen and oxygen atoms in total. The van der Waals surface area contributed by atoms with Crippen LogP contribution in [0.2, 0.25) is 5.15 Å². The zero-order chi connectivity index (χ0) is 13.1. The number of aromatic nitrogens is 1. The van der Waals surface area contributed by atoms with Gasteiger partial charge >= 0.3 is 0 Å². The SMILES string of the molecule is CCN(c1cccc(C)c1)c1nc(Cl)c(CCl)s1. The van der Waals surface area contributed by atoms with Crippen molar-refractivity contribution in [1.29, 1.82) is 0 Å². The standard InChI is InChI=1S/C13H14Cl2N2S/c1-3-17(10-6-4-5-9(2)7-10)13-16-12(15)11(8-14)18-13/h4-7H,3,8H2,1-2H3. The third-order valence-corrected chi connectivity index (χ3v) is 4.55. The summed E-state index contributed by atoms with van der Waals surface area (Å²) in [6.07, 6.45) is 0. The Morgan fingerprint density at radius 2 is 2.17 bits per heavy atom. The van der Waals surface area contributed by atoms with Crippen LogP contribution >= 0.6 is 34.5 Å². The van der Waals surface area contributed by atoms with E-state index in [-0.39, 0.29) is 0 Å². The highest BCUT2D eigenvalue weighted by Gasteiger charge is 2.15. The molecule has 0 unspecified atom stereocenters. The first-order valence-corrected chi connectivity index (χ1v) is 7.44. The van der Waals surface area contributed by atoms with Crippen molar-refractivity contribution in [2.45, 2.75) is 19.7 Å². The number of aryl methyl sites for hydroxylation is 1. The molecule has 0 aliphatic rings. The second-order valence-electron chi connectivity index (χ2n) is 3.93. The van der Waals surface area contributed by atoms with Crippen LogP contribution in [-0.4, -0.2) is 11.5 Å². The quantitative estimate of drug-likeness (QED) is 0.739. The fraction of sp³-hybridized carbons (Fsp3) is 0.308. The van der Waals surface area contributed by atoms with Gasteiger partial charge in [0.2, 0.25) is 0 Å². The van der Waals surface area contributed by atoms with Crippen molar-refractivity contribution in [2.75, 3.05) is 11.4 Å². The Kier molecular flexibility index (Phi) is 4.49. The highest BCUT2D eigenvalue weighted by atomic mass is 35.5. The highest BCUT2D eigenvalue weighted by Crippen LogP contribution is 2.34. The number of hydrogen-bond acceptors (Lipinski definition) is 3. The van der Waals surface area contributed by atoms with Crippen molar-refractivity contribution < 1.29 is 0 Å². The second-order valence-corrected chi connectivity index (χ2v) is 5.61. The van der Waals surface area contributed by atoms with Crippen molar-refractivity contribution in [3.8, 4) is 0 Å². The fourth-order valence-corrected chi connectivity index (χ4v) is 3.30. The molecule has 0 fully saturated rings. The number of benzene rings is 1. The minimum atomic E-state index is 0.405. The van der Waals surface area contributed by atoms with Gasteiger partial charge in [0, 0.05) is 12.2 Å². The Labute approximate surface area is 121 Å². The van der Waals surface area contributed by atoms with Gasteiger partial charge in [-0.05, 0) is 31.5 Å². The van der Waals surface area contributed by atoms with Gasteiger partial charge in [-0.2, -0.15) is 0 Å². The summed E-state index contributed by atoms with van der Waals surface area (Å²) < 4.78 is 0. The molecule has 1 aromatic heterocycles. The molecule has 0 radical (unpaired) electrons. The van der Waals surface area contributed by atoms with Gasteiger partial charge in [0.15, 0.2) is 5.13 Å². The number of hydrogen-bond donors (Lipinski definition) is 0. The van der Waals surface area contributed by atoms with E-state index in [1.54, 1.807) is 11.3 Å². The van der Waals surface area contributed by atoms with Gasteiger partial charge in [-0.15, -0.1) is 11.6 Å². The van der Waals surface area contributed by atoms with Crippen molar-refractivity contribution in [3.63, 3.8) is 0 Å². The maximum absolute atomic E-state index is 6.05. The molecule has 1 heterocycles. The molecular formula is C13H14Cl2N2S. The van der Waals surface area contributed by atoms with Crippen molar-refractivity contribution in [3.05, 3.63) is 39.9 Å². The van der Waals surface area contributed by atoms with E-state index in [2.05, 4.69) is 41.9 Å². The molecule has 0 bridgehead atoms. The molecule has 5 heteroatoms. The summed E-state index contributed by atoms with van der Waals surface area (Å²) in [7, 11) is 0. The predicted molar refractivity (Wildman–Crippen MR) is 80.5 cm³/mol. The molecule has 0 atom stereocenters. The first kappa shape index (κ1) is 13.7. The molecule has 0 amide bonds. The fourth-order valence-electron chi connectivity index (χ4n) is 1.74. The minimum Gasteiger partial charge on any atom is -0.318 e. The number of anilines is 2. The first-order chi connectivity index (χ1) is 8.65. The molecule has 0 saturated heterocycles. The van der Waals surface area contributed by atoms with Crippen molar-refractivity contribution in [1.82, 2.24) is 4.98 Å². The molecular weight excluding hydrogens is 287 g/mol. The van der Waals surface area contributed by atoms with Gasteiger partial charge in [-0.1, -0.05) is 35.1 Å². The lowest BCUT2D eigenvalue weighted by Gasteiger charge is -2.20. The first-order valence-electron chi connectivity index (χ1n) is 5.71. The summed E-state index contributed by atoms with van der Waals surface area (Å²) >= 11 is 13.4. The lowest BCUT2D eigenvalue weighted by atomic mass is 10.2. The van der Waals surface area contributed by atoms with E-state index in [0.717, 1.165) is 22.2 Å².